The first-order valence-corrected chi connectivity index (χ1v) is 11.4. The predicted molar refractivity (Wildman–Crippen MR) is 128 cm³/mol. The van der Waals surface area contributed by atoms with Crippen molar-refractivity contribution in [1.29, 1.82) is 0 Å². The number of alkyl halides is 3. The fraction of sp³-hybridized carbons (Fsp3) is 0.385. The van der Waals surface area contributed by atoms with Gasteiger partial charge in [0.2, 0.25) is 5.95 Å². The van der Waals surface area contributed by atoms with E-state index in [1.807, 2.05) is 39.0 Å². The molecule has 0 spiro atoms. The van der Waals surface area contributed by atoms with Crippen LogP contribution < -0.4 is 15.4 Å². The van der Waals surface area contributed by atoms with Crippen LogP contribution in [0.5, 0.6) is 5.75 Å². The zero-order valence-corrected chi connectivity index (χ0v) is 19.5. The molecule has 1 aliphatic rings. The number of benzene rings is 2. The van der Waals surface area contributed by atoms with Crippen molar-refractivity contribution in [1.82, 2.24) is 9.97 Å². The molecule has 3 aromatic rings. The van der Waals surface area contributed by atoms with Crippen molar-refractivity contribution in [3.63, 3.8) is 0 Å². The van der Waals surface area contributed by atoms with E-state index in [1.165, 1.54) is 0 Å². The van der Waals surface area contributed by atoms with Crippen LogP contribution >= 0.6 is 0 Å². The molecule has 180 valence electrons. The molecule has 5 nitrogen and oxygen atoms in total. The van der Waals surface area contributed by atoms with Gasteiger partial charge in [0.1, 0.15) is 22.7 Å². The van der Waals surface area contributed by atoms with E-state index in [9.17, 15) is 13.2 Å². The van der Waals surface area contributed by atoms with Crippen molar-refractivity contribution in [2.24, 2.45) is 0 Å². The van der Waals surface area contributed by atoms with E-state index in [2.05, 4.69) is 20.6 Å². The van der Waals surface area contributed by atoms with Gasteiger partial charge >= 0.3 is 6.18 Å². The van der Waals surface area contributed by atoms with Crippen LogP contribution in [-0.4, -0.2) is 15.6 Å². The van der Waals surface area contributed by atoms with Crippen LogP contribution in [0.4, 0.5) is 36.3 Å². The highest BCUT2D eigenvalue weighted by Crippen LogP contribution is 2.40. The minimum Gasteiger partial charge on any atom is -0.488 e. The molecule has 1 saturated carbocycles. The monoisotopic (exact) mass is 470 g/mol. The van der Waals surface area contributed by atoms with E-state index in [1.54, 1.807) is 30.3 Å². The Balaban J connectivity index is 1.60. The lowest BCUT2D eigenvalue weighted by molar-refractivity contribution is -0.137. The minimum atomic E-state index is -4.59. The highest BCUT2D eigenvalue weighted by Gasteiger charge is 2.35. The number of nitrogens with zero attached hydrogens (tertiary/aromatic N) is 2. The maximum absolute atomic E-state index is 13.7. The second kappa shape index (κ2) is 9.52. The summed E-state index contributed by atoms with van der Waals surface area (Å²) >= 11 is 0. The number of anilines is 4. The lowest BCUT2D eigenvalue weighted by Crippen LogP contribution is -2.22. The van der Waals surface area contributed by atoms with E-state index in [0.717, 1.165) is 37.4 Å². The predicted octanol–water partition coefficient (Wildman–Crippen LogP) is 7.82. The van der Waals surface area contributed by atoms with Crippen LogP contribution in [0.2, 0.25) is 0 Å². The Morgan fingerprint density at radius 3 is 2.24 bits per heavy atom. The Labute approximate surface area is 197 Å². The van der Waals surface area contributed by atoms with Crippen LogP contribution in [0, 0.1) is 0 Å². The molecule has 4 rings (SSSR count). The molecule has 8 heteroatoms. The summed E-state index contributed by atoms with van der Waals surface area (Å²) in [7, 11) is 0. The maximum atomic E-state index is 13.7. The molecular formula is C26H29F3N4O. The van der Waals surface area contributed by atoms with Crippen molar-refractivity contribution in [2.45, 2.75) is 64.1 Å². The largest absolute Gasteiger partial charge is 0.488 e. The first-order chi connectivity index (χ1) is 16.1. The van der Waals surface area contributed by atoms with Crippen molar-refractivity contribution >= 4 is 23.1 Å². The smallest absolute Gasteiger partial charge is 0.421 e. The van der Waals surface area contributed by atoms with Crippen molar-refractivity contribution < 1.29 is 17.9 Å². The third-order valence-corrected chi connectivity index (χ3v) is 5.64. The molecule has 0 unspecified atom stereocenters. The number of hydrogen-bond acceptors (Lipinski definition) is 5. The zero-order chi connectivity index (χ0) is 24.3. The van der Waals surface area contributed by atoms with Crippen LogP contribution in [0.3, 0.4) is 0 Å². The van der Waals surface area contributed by atoms with Gasteiger partial charge in [-0.05, 0) is 75.4 Å². The summed E-state index contributed by atoms with van der Waals surface area (Å²) < 4.78 is 47.0. The number of aromatic nitrogens is 2. The molecule has 34 heavy (non-hydrogen) atoms. The molecule has 1 fully saturated rings. The molecule has 2 N–H and O–H groups in total. The fourth-order valence-corrected chi connectivity index (χ4v) is 4.16. The summed E-state index contributed by atoms with van der Waals surface area (Å²) in [6.07, 6.45) is 0.566. The number of halogens is 3. The van der Waals surface area contributed by atoms with Crippen LogP contribution in [-0.2, 0) is 6.18 Å². The summed E-state index contributed by atoms with van der Waals surface area (Å²) in [6, 6.07) is 14.6. The van der Waals surface area contributed by atoms with Gasteiger partial charge < -0.3 is 15.4 Å². The highest BCUT2D eigenvalue weighted by atomic mass is 19.4. The molecule has 0 aliphatic heterocycles. The molecule has 1 aliphatic carbocycles. The second-order valence-corrected chi connectivity index (χ2v) is 9.51. The summed E-state index contributed by atoms with van der Waals surface area (Å²) in [5.41, 5.74) is 1.07. The normalized spacial score (nSPS) is 14.8. The van der Waals surface area contributed by atoms with Gasteiger partial charge in [0, 0.05) is 17.6 Å². The third-order valence-electron chi connectivity index (χ3n) is 5.64. The zero-order valence-electron chi connectivity index (χ0n) is 19.5. The molecule has 0 saturated heterocycles. The second-order valence-electron chi connectivity index (χ2n) is 9.51. The lowest BCUT2D eigenvalue weighted by Gasteiger charge is -2.21. The van der Waals surface area contributed by atoms with Gasteiger partial charge in [0.25, 0.3) is 0 Å². The molecule has 0 atom stereocenters. The topological polar surface area (TPSA) is 59.1 Å². The van der Waals surface area contributed by atoms with Crippen molar-refractivity contribution in [3.8, 4) is 5.75 Å². The first-order valence-electron chi connectivity index (χ1n) is 11.4. The Morgan fingerprint density at radius 2 is 1.59 bits per heavy atom. The number of ether oxygens (including phenoxy) is 1. The number of rotatable bonds is 6. The van der Waals surface area contributed by atoms with Gasteiger partial charge in [0.05, 0.1) is 0 Å². The molecular weight excluding hydrogens is 441 g/mol. The molecule has 0 amide bonds. The Kier molecular flexibility index (Phi) is 6.68. The lowest BCUT2D eigenvalue weighted by atomic mass is 9.96. The number of para-hydroxylation sites is 1. The van der Waals surface area contributed by atoms with Gasteiger partial charge in [-0.15, -0.1) is 0 Å². The average molecular weight is 471 g/mol. The molecule has 1 aromatic heterocycles. The van der Waals surface area contributed by atoms with Gasteiger partial charge in [0.15, 0.2) is 0 Å². The summed E-state index contributed by atoms with van der Waals surface area (Å²) in [6.45, 7) is 5.86. The van der Waals surface area contributed by atoms with Gasteiger partial charge in [-0.3, -0.25) is 0 Å². The van der Waals surface area contributed by atoms with Crippen LogP contribution in [0.15, 0.2) is 54.7 Å². The standard InChI is InChI=1S/C26H29F3N4O/c1-25(2,3)34-19-14-12-18(13-15-19)31-24-30-16-21(26(27,28)29)23(33-24)32-22-11-7-6-10-20(22)17-8-4-5-9-17/h6-7,10-17H,4-5,8-9H2,1-3H3,(H2,30,31,32,33). The van der Waals surface area contributed by atoms with Gasteiger partial charge in [-0.2, -0.15) is 18.2 Å². The Bertz CT molecular complexity index is 1120. The molecule has 0 radical (unpaired) electrons. The number of hydrogen-bond donors (Lipinski definition) is 2. The van der Waals surface area contributed by atoms with Crippen LogP contribution in [0.1, 0.15) is 63.5 Å². The van der Waals surface area contributed by atoms with Crippen molar-refractivity contribution in [2.75, 3.05) is 10.6 Å². The Hall–Kier alpha value is -3.29. The Morgan fingerprint density at radius 1 is 0.912 bits per heavy atom. The van der Waals surface area contributed by atoms with Gasteiger partial charge in [-0.25, -0.2) is 4.98 Å². The fourth-order valence-electron chi connectivity index (χ4n) is 4.16. The summed E-state index contributed by atoms with van der Waals surface area (Å²) in [5.74, 6) is 0.824. The van der Waals surface area contributed by atoms with E-state index >= 15 is 0 Å². The van der Waals surface area contributed by atoms with Gasteiger partial charge in [-0.1, -0.05) is 31.0 Å². The maximum Gasteiger partial charge on any atom is 0.421 e. The molecule has 0 bridgehead atoms. The average Bonchev–Trinajstić information content (AvgIpc) is 3.29. The quantitative estimate of drug-likeness (QED) is 0.385. The van der Waals surface area contributed by atoms with Crippen LogP contribution in [0.25, 0.3) is 0 Å². The summed E-state index contributed by atoms with van der Waals surface area (Å²) in [4.78, 5) is 8.11. The van der Waals surface area contributed by atoms with E-state index in [0.29, 0.717) is 23.0 Å². The SMILES string of the molecule is CC(C)(C)Oc1ccc(Nc2ncc(C(F)(F)F)c(Nc3ccccc3C3CCCC3)n2)cc1. The molecule has 2 aromatic carbocycles. The first kappa shape index (κ1) is 23.9. The molecule has 1 heterocycles. The number of nitrogens with one attached hydrogen (secondary N) is 2. The highest BCUT2D eigenvalue weighted by molar-refractivity contribution is 5.66. The third kappa shape index (κ3) is 5.98. The van der Waals surface area contributed by atoms with E-state index in [-0.39, 0.29) is 17.4 Å². The minimum absolute atomic E-state index is 0.0679. The van der Waals surface area contributed by atoms with E-state index in [4.69, 9.17) is 4.74 Å². The van der Waals surface area contributed by atoms with E-state index < -0.39 is 11.7 Å². The van der Waals surface area contributed by atoms with Crippen molar-refractivity contribution in [3.05, 3.63) is 65.9 Å². The summed E-state index contributed by atoms with van der Waals surface area (Å²) in [5, 5.41) is 5.94.